The molecule has 0 amide bonds. The van der Waals surface area contributed by atoms with Crippen LogP contribution in [0.5, 0.6) is 0 Å². The van der Waals surface area contributed by atoms with Crippen molar-refractivity contribution >= 4 is 5.69 Å². The van der Waals surface area contributed by atoms with Gasteiger partial charge in [0.2, 0.25) is 0 Å². The van der Waals surface area contributed by atoms with Crippen LogP contribution in [0.1, 0.15) is 5.56 Å². The molecule has 2 nitrogen and oxygen atoms in total. The molecule has 0 saturated heterocycles. The Balaban J connectivity index is -0.000000270. The predicted molar refractivity (Wildman–Crippen MR) is 39.0 cm³/mol. The average Bonchev–Trinajstić information content (AvgIpc) is 1.90. The van der Waals surface area contributed by atoms with Crippen LogP contribution >= 0.6 is 0 Å². The van der Waals surface area contributed by atoms with E-state index in [1.54, 1.807) is 0 Å². The molecule has 0 aromatic heterocycles. The summed E-state index contributed by atoms with van der Waals surface area (Å²) in [4.78, 5) is 0. The van der Waals surface area contributed by atoms with E-state index in [0.717, 1.165) is 5.69 Å². The molecule has 0 aliphatic heterocycles. The van der Waals surface area contributed by atoms with Crippen LogP contribution in [0.15, 0.2) is 24.3 Å². The summed E-state index contributed by atoms with van der Waals surface area (Å²) in [5.41, 5.74) is 4.74. The minimum Gasteiger partial charge on any atom is -1.00 e. The molecule has 0 saturated carbocycles. The Bertz CT molecular complexity index is 191. The monoisotopic (exact) mass is 256 g/mol. The maximum atomic E-state index is 5.15. The summed E-state index contributed by atoms with van der Waals surface area (Å²) in [6.45, 7) is 2.04. The fourth-order valence-corrected chi connectivity index (χ4v) is 0.650. The number of anilines is 1. The predicted octanol–water partition coefficient (Wildman–Crippen LogP) is -4.71. The molecule has 0 unspecified atom stereocenters. The van der Waals surface area contributed by atoms with E-state index in [1.165, 1.54) is 5.56 Å². The zero-order valence-electron chi connectivity index (χ0n) is 6.85. The zero-order valence-corrected chi connectivity index (χ0v) is 11.3. The Kier molecular flexibility index (Phi) is 14.0. The Morgan fingerprint density at radius 2 is 1.50 bits per heavy atom. The molecule has 0 aliphatic carbocycles. The van der Waals surface area contributed by atoms with Gasteiger partial charge in [0.1, 0.15) is 0 Å². The largest absolute Gasteiger partial charge is 2.00 e. The minimum atomic E-state index is 0. The van der Waals surface area contributed by atoms with E-state index in [9.17, 15) is 0 Å². The molecule has 5 heteroatoms. The number of nitrogens with two attached hydrogens (primary N) is 1. The van der Waals surface area contributed by atoms with Gasteiger partial charge >= 0.3 is 19.5 Å². The van der Waals surface area contributed by atoms with Gasteiger partial charge in [0.15, 0.2) is 0 Å². The van der Waals surface area contributed by atoms with Gasteiger partial charge < -0.3 is 30.2 Å². The number of hydrogen-bond acceptors (Lipinski definition) is 2. The van der Waals surface area contributed by atoms with Crippen molar-refractivity contribution in [3.8, 4) is 0 Å². The summed E-state index contributed by atoms with van der Waals surface area (Å²) < 4.78 is 0. The Labute approximate surface area is 97.8 Å². The van der Waals surface area contributed by atoms with Gasteiger partial charge in [-0.15, -0.1) is 0 Å². The van der Waals surface area contributed by atoms with E-state index >= 15 is 0 Å². The van der Waals surface area contributed by atoms with Crippen LogP contribution in [0.3, 0.4) is 0 Å². The van der Waals surface area contributed by atoms with Crippen molar-refractivity contribution in [3.05, 3.63) is 29.8 Å². The molecule has 0 spiro atoms. The molecule has 1 aromatic rings. The molecule has 1 rings (SSSR count). The molecule has 0 radical (unpaired) electrons. The van der Waals surface area contributed by atoms with Gasteiger partial charge in [0.25, 0.3) is 0 Å². The number of hydrogen-bond donors (Lipinski definition) is 2. The summed E-state index contributed by atoms with van der Waals surface area (Å²) in [7, 11) is 0. The molecule has 0 atom stereocenters. The molecular weight excluding hydrogens is 248 g/mol. The summed E-state index contributed by atoms with van der Waals surface area (Å²) in [6.07, 6.45) is 0. The molecule has 3 N–H and O–H groups in total. The fourth-order valence-electron chi connectivity index (χ4n) is 0.650. The van der Waals surface area contributed by atoms with Crippen molar-refractivity contribution < 1.29 is 44.3 Å². The number of benzene rings is 1. The van der Waals surface area contributed by atoms with Gasteiger partial charge in [-0.05, 0) is 19.1 Å². The number of nitrogens with one attached hydrogen (secondary N) is 1. The summed E-state index contributed by atoms with van der Waals surface area (Å²) in [6, 6.07) is 7.90. The molecule has 12 heavy (non-hydrogen) atoms. The van der Waals surface area contributed by atoms with Crippen LogP contribution in [-0.2, 0) is 19.5 Å². The molecule has 0 fully saturated rings. The maximum Gasteiger partial charge on any atom is 2.00 e. The number of hydrazine groups is 1. The van der Waals surface area contributed by atoms with Gasteiger partial charge in [-0.1, -0.05) is 17.7 Å². The summed E-state index contributed by atoms with van der Waals surface area (Å²) in [5, 5.41) is 0. The SMILES string of the molecule is Cc1ccc(NN)cc1.[Cl-].[Cl-].[Zn+2]. The van der Waals surface area contributed by atoms with Gasteiger partial charge in [0.05, 0.1) is 0 Å². The number of aryl methyl sites for hydroxylation is 1. The quantitative estimate of drug-likeness (QED) is 0.302. The van der Waals surface area contributed by atoms with Crippen LogP contribution < -0.4 is 36.1 Å². The third kappa shape index (κ3) is 5.79. The second-order valence-electron chi connectivity index (χ2n) is 2.01. The number of halogens is 2. The topological polar surface area (TPSA) is 38.0 Å². The van der Waals surface area contributed by atoms with Crippen LogP contribution in [0, 0.1) is 6.92 Å². The van der Waals surface area contributed by atoms with Gasteiger partial charge in [-0.2, -0.15) is 0 Å². The van der Waals surface area contributed by atoms with E-state index in [2.05, 4.69) is 5.43 Å². The second-order valence-corrected chi connectivity index (χ2v) is 2.01. The van der Waals surface area contributed by atoms with Crippen molar-refractivity contribution in [1.82, 2.24) is 0 Å². The minimum absolute atomic E-state index is 0. The van der Waals surface area contributed by atoms with E-state index in [4.69, 9.17) is 5.84 Å². The van der Waals surface area contributed by atoms with Gasteiger partial charge in [-0.25, -0.2) is 0 Å². The molecule has 0 heterocycles. The van der Waals surface area contributed by atoms with Gasteiger partial charge in [-0.3, -0.25) is 5.84 Å². The molecule has 0 bridgehead atoms. The molecule has 1 aromatic carbocycles. The summed E-state index contributed by atoms with van der Waals surface area (Å²) >= 11 is 0. The van der Waals surface area contributed by atoms with Crippen molar-refractivity contribution in [1.29, 1.82) is 0 Å². The van der Waals surface area contributed by atoms with Crippen molar-refractivity contribution in [2.24, 2.45) is 5.84 Å². The van der Waals surface area contributed by atoms with E-state index in [0.29, 0.717) is 0 Å². The summed E-state index contributed by atoms with van der Waals surface area (Å²) in [5.74, 6) is 5.15. The molecule has 0 aliphatic rings. The van der Waals surface area contributed by atoms with E-state index in [-0.39, 0.29) is 44.3 Å². The smallest absolute Gasteiger partial charge is 1.00 e. The van der Waals surface area contributed by atoms with Crippen molar-refractivity contribution in [2.45, 2.75) is 6.92 Å². The fraction of sp³-hybridized carbons (Fsp3) is 0.143. The van der Waals surface area contributed by atoms with Crippen LogP contribution in [0.4, 0.5) is 5.69 Å². The first kappa shape index (κ1) is 18.1. The van der Waals surface area contributed by atoms with E-state index < -0.39 is 0 Å². The first-order chi connectivity index (χ1) is 4.33. The second kappa shape index (κ2) is 9.27. The number of nitrogen functional groups attached to an aromatic ring is 1. The van der Waals surface area contributed by atoms with Gasteiger partial charge in [0, 0.05) is 5.69 Å². The molecular formula is C7H10Cl2N2Zn. The van der Waals surface area contributed by atoms with Crippen molar-refractivity contribution in [2.75, 3.05) is 5.43 Å². The third-order valence-corrected chi connectivity index (χ3v) is 1.22. The molecule has 64 valence electrons. The maximum absolute atomic E-state index is 5.15. The zero-order chi connectivity index (χ0) is 6.69. The third-order valence-electron chi connectivity index (χ3n) is 1.22. The first-order valence-corrected chi connectivity index (χ1v) is 2.86. The van der Waals surface area contributed by atoms with Crippen LogP contribution in [0.25, 0.3) is 0 Å². The van der Waals surface area contributed by atoms with Crippen LogP contribution in [0.2, 0.25) is 0 Å². The Morgan fingerprint density at radius 3 is 1.83 bits per heavy atom. The normalized spacial score (nSPS) is 6.83. The van der Waals surface area contributed by atoms with Crippen molar-refractivity contribution in [3.63, 3.8) is 0 Å². The first-order valence-electron chi connectivity index (χ1n) is 2.86. The standard InChI is InChI=1S/C7H10N2.2ClH.Zn/c1-6-2-4-7(9-8)5-3-6;;;/h2-5,9H,8H2,1H3;2*1H;/q;;;+2/p-2. The number of rotatable bonds is 1. The van der Waals surface area contributed by atoms with Crippen LogP contribution in [-0.4, -0.2) is 0 Å². The Hall–Kier alpha value is 0.183. The van der Waals surface area contributed by atoms with E-state index in [1.807, 2.05) is 31.2 Å². The Morgan fingerprint density at radius 1 is 1.08 bits per heavy atom. The average molecular weight is 258 g/mol.